The maximum absolute atomic E-state index is 12.7. The number of carbonyl (C=O) groups is 2. The molecule has 1 aliphatic carbocycles. The summed E-state index contributed by atoms with van der Waals surface area (Å²) >= 11 is 0. The summed E-state index contributed by atoms with van der Waals surface area (Å²) in [5, 5.41) is 4.13. The summed E-state index contributed by atoms with van der Waals surface area (Å²) in [7, 11) is 0. The van der Waals surface area contributed by atoms with Crippen LogP contribution in [0.15, 0.2) is 49.1 Å². The number of Topliss-reactive ketones (excluding diaryl/α,β-unsaturated/α-hetero) is 2. The van der Waals surface area contributed by atoms with Crippen LogP contribution in [0.1, 0.15) is 26.3 Å². The minimum absolute atomic E-state index is 0.0983. The first-order chi connectivity index (χ1) is 10.3. The summed E-state index contributed by atoms with van der Waals surface area (Å²) < 4.78 is 1.59. The van der Waals surface area contributed by atoms with Gasteiger partial charge in [-0.05, 0) is 12.0 Å². The molecule has 0 amide bonds. The van der Waals surface area contributed by atoms with E-state index in [1.165, 1.54) is 6.20 Å². The first kappa shape index (κ1) is 12.0. The van der Waals surface area contributed by atoms with Gasteiger partial charge in [0.05, 0.1) is 29.4 Å². The normalized spacial score (nSPS) is 17.1. The van der Waals surface area contributed by atoms with Crippen molar-refractivity contribution in [3.8, 4) is 0 Å². The minimum atomic E-state index is -0.643. The van der Waals surface area contributed by atoms with Crippen molar-refractivity contribution in [3.05, 3.63) is 65.7 Å². The Morgan fingerprint density at radius 3 is 2.95 bits per heavy atom. The third-order valence-electron chi connectivity index (χ3n) is 3.93. The molecule has 0 saturated carbocycles. The van der Waals surface area contributed by atoms with Gasteiger partial charge in [0.2, 0.25) is 0 Å². The van der Waals surface area contributed by atoms with Crippen LogP contribution in [0.3, 0.4) is 0 Å². The molecular formula is C16H11N3O2. The minimum Gasteiger partial charge on any atom is -0.293 e. The largest absolute Gasteiger partial charge is 0.293 e. The Kier molecular flexibility index (Phi) is 2.47. The number of ketones is 2. The summed E-state index contributed by atoms with van der Waals surface area (Å²) in [4.78, 5) is 29.1. The Bertz CT molecular complexity index is 882. The van der Waals surface area contributed by atoms with E-state index < -0.39 is 5.92 Å². The van der Waals surface area contributed by atoms with E-state index in [0.29, 0.717) is 23.1 Å². The van der Waals surface area contributed by atoms with Crippen LogP contribution in [0.2, 0.25) is 0 Å². The number of fused-ring (bicyclic) bond motifs is 2. The second-order valence-electron chi connectivity index (χ2n) is 5.11. The zero-order chi connectivity index (χ0) is 14.4. The molecule has 0 radical (unpaired) electrons. The number of benzene rings is 1. The van der Waals surface area contributed by atoms with Crippen LogP contribution in [-0.4, -0.2) is 26.2 Å². The number of aromatic nitrogens is 3. The van der Waals surface area contributed by atoms with Gasteiger partial charge in [-0.15, -0.1) is 0 Å². The predicted octanol–water partition coefficient (Wildman–Crippen LogP) is 1.97. The van der Waals surface area contributed by atoms with Crippen molar-refractivity contribution >= 4 is 17.1 Å². The molecule has 4 rings (SSSR count). The molecule has 1 aliphatic rings. The molecule has 5 nitrogen and oxygen atoms in total. The fourth-order valence-electron chi connectivity index (χ4n) is 2.86. The van der Waals surface area contributed by atoms with Gasteiger partial charge in [0.15, 0.2) is 11.6 Å². The average Bonchev–Trinajstić information content (AvgIpc) is 3.09. The highest BCUT2D eigenvalue weighted by molar-refractivity contribution is 6.20. The predicted molar refractivity (Wildman–Crippen MR) is 75.3 cm³/mol. The van der Waals surface area contributed by atoms with Crippen LogP contribution >= 0.6 is 0 Å². The van der Waals surface area contributed by atoms with E-state index in [9.17, 15) is 9.59 Å². The zero-order valence-corrected chi connectivity index (χ0v) is 11.1. The Morgan fingerprint density at radius 2 is 2.10 bits per heavy atom. The Hall–Kier alpha value is -2.82. The molecular weight excluding hydrogens is 266 g/mol. The molecule has 1 atom stereocenters. The smallest absolute Gasteiger partial charge is 0.177 e. The monoisotopic (exact) mass is 277 g/mol. The molecule has 0 aliphatic heterocycles. The van der Waals surface area contributed by atoms with Crippen LogP contribution in [0.25, 0.3) is 5.52 Å². The Balaban J connectivity index is 1.75. The van der Waals surface area contributed by atoms with Gasteiger partial charge >= 0.3 is 0 Å². The van der Waals surface area contributed by atoms with Crippen LogP contribution in [0, 0.1) is 5.92 Å². The SMILES string of the molecule is O=C1c2ccccc2CC1C(=O)c1cnn2ccncc12. The Labute approximate surface area is 120 Å². The van der Waals surface area contributed by atoms with Gasteiger partial charge in [0, 0.05) is 18.0 Å². The maximum Gasteiger partial charge on any atom is 0.177 e. The van der Waals surface area contributed by atoms with E-state index in [-0.39, 0.29) is 11.6 Å². The summed E-state index contributed by atoms with van der Waals surface area (Å²) in [6.07, 6.45) is 6.84. The Morgan fingerprint density at radius 1 is 1.24 bits per heavy atom. The lowest BCUT2D eigenvalue weighted by molar-refractivity contribution is 0.0823. The summed E-state index contributed by atoms with van der Waals surface area (Å²) in [6.45, 7) is 0. The first-order valence-corrected chi connectivity index (χ1v) is 6.69. The van der Waals surface area contributed by atoms with E-state index >= 15 is 0 Å². The van der Waals surface area contributed by atoms with E-state index in [1.54, 1.807) is 29.2 Å². The molecule has 0 spiro atoms. The lowest BCUT2D eigenvalue weighted by Crippen LogP contribution is -2.20. The van der Waals surface area contributed by atoms with Crippen LogP contribution in [0.4, 0.5) is 0 Å². The molecule has 0 bridgehead atoms. The van der Waals surface area contributed by atoms with E-state index in [2.05, 4.69) is 10.1 Å². The second-order valence-corrected chi connectivity index (χ2v) is 5.11. The molecule has 1 aromatic carbocycles. The molecule has 2 aromatic heterocycles. The maximum atomic E-state index is 12.7. The van der Waals surface area contributed by atoms with Crippen LogP contribution in [0.5, 0.6) is 0 Å². The standard InChI is InChI=1S/C16H11N3O2/c20-15-11-4-2-1-3-10(11)7-12(15)16(21)13-8-18-19-6-5-17-9-14(13)19/h1-6,8-9,12H,7H2. The van der Waals surface area contributed by atoms with Gasteiger partial charge in [-0.3, -0.25) is 14.6 Å². The quantitative estimate of drug-likeness (QED) is 0.530. The van der Waals surface area contributed by atoms with Crippen molar-refractivity contribution in [1.82, 2.24) is 14.6 Å². The van der Waals surface area contributed by atoms with Crippen molar-refractivity contribution in [1.29, 1.82) is 0 Å². The highest BCUT2D eigenvalue weighted by atomic mass is 16.2. The fraction of sp³-hybridized carbons (Fsp3) is 0.125. The van der Waals surface area contributed by atoms with Gasteiger partial charge in [-0.2, -0.15) is 5.10 Å². The summed E-state index contributed by atoms with van der Waals surface area (Å²) in [6, 6.07) is 7.39. The van der Waals surface area contributed by atoms with E-state index in [4.69, 9.17) is 0 Å². The molecule has 21 heavy (non-hydrogen) atoms. The molecule has 0 N–H and O–H groups in total. The topological polar surface area (TPSA) is 64.3 Å². The lowest BCUT2D eigenvalue weighted by Gasteiger charge is -2.05. The van der Waals surface area contributed by atoms with Gasteiger partial charge in [0.1, 0.15) is 0 Å². The number of carbonyl (C=O) groups excluding carboxylic acids is 2. The van der Waals surface area contributed by atoms with Crippen molar-refractivity contribution < 1.29 is 9.59 Å². The van der Waals surface area contributed by atoms with Gasteiger partial charge < -0.3 is 0 Å². The number of rotatable bonds is 2. The van der Waals surface area contributed by atoms with Crippen LogP contribution < -0.4 is 0 Å². The molecule has 2 heterocycles. The van der Waals surface area contributed by atoms with Crippen molar-refractivity contribution in [2.45, 2.75) is 6.42 Å². The number of hydrogen-bond acceptors (Lipinski definition) is 4. The number of nitrogens with zero attached hydrogens (tertiary/aromatic N) is 3. The van der Waals surface area contributed by atoms with E-state index in [0.717, 1.165) is 5.56 Å². The van der Waals surface area contributed by atoms with Gasteiger partial charge in [-0.1, -0.05) is 24.3 Å². The summed E-state index contributed by atoms with van der Waals surface area (Å²) in [5.41, 5.74) is 2.68. The number of hydrogen-bond donors (Lipinski definition) is 0. The lowest BCUT2D eigenvalue weighted by atomic mass is 9.95. The second kappa shape index (κ2) is 4.34. The molecule has 1 unspecified atom stereocenters. The van der Waals surface area contributed by atoms with Crippen LogP contribution in [-0.2, 0) is 6.42 Å². The summed E-state index contributed by atoms with van der Waals surface area (Å²) in [5.74, 6) is -0.923. The van der Waals surface area contributed by atoms with Crippen molar-refractivity contribution in [3.63, 3.8) is 0 Å². The van der Waals surface area contributed by atoms with E-state index in [1.807, 2.05) is 18.2 Å². The van der Waals surface area contributed by atoms with Gasteiger partial charge in [-0.25, -0.2) is 4.52 Å². The highest BCUT2D eigenvalue weighted by Crippen LogP contribution is 2.29. The average molecular weight is 277 g/mol. The molecule has 0 saturated heterocycles. The fourth-order valence-corrected chi connectivity index (χ4v) is 2.86. The molecule has 3 aromatic rings. The molecule has 5 heteroatoms. The third-order valence-corrected chi connectivity index (χ3v) is 3.93. The van der Waals surface area contributed by atoms with Crippen molar-refractivity contribution in [2.24, 2.45) is 5.92 Å². The zero-order valence-electron chi connectivity index (χ0n) is 11.1. The molecule has 0 fully saturated rings. The van der Waals surface area contributed by atoms with Crippen molar-refractivity contribution in [2.75, 3.05) is 0 Å². The third kappa shape index (κ3) is 1.71. The van der Waals surface area contributed by atoms with Gasteiger partial charge in [0.25, 0.3) is 0 Å². The highest BCUT2D eigenvalue weighted by Gasteiger charge is 2.36. The molecule has 102 valence electrons. The first-order valence-electron chi connectivity index (χ1n) is 6.69.